The van der Waals surface area contributed by atoms with Crippen LogP contribution in [-0.2, 0) is 26.2 Å². The number of carbonyl (C=O) groups excluding carboxylic acids is 2. The minimum Gasteiger partial charge on any atom is -0.456 e. The van der Waals surface area contributed by atoms with Crippen LogP contribution in [-0.4, -0.2) is 37.9 Å². The zero-order valence-corrected chi connectivity index (χ0v) is 17.2. The van der Waals surface area contributed by atoms with Gasteiger partial charge in [0.15, 0.2) is 5.13 Å². The zero-order chi connectivity index (χ0) is 20.3. The Morgan fingerprint density at radius 2 is 1.96 bits per heavy atom. The Bertz CT molecular complexity index is 965. The molecule has 150 valence electrons. The third-order valence-electron chi connectivity index (χ3n) is 4.12. The van der Waals surface area contributed by atoms with E-state index in [1.807, 2.05) is 6.92 Å². The molecule has 0 spiro atoms. The van der Waals surface area contributed by atoms with Crippen LogP contribution in [0.15, 0.2) is 34.5 Å². The topological polar surface area (TPSA) is 106 Å². The van der Waals surface area contributed by atoms with Crippen LogP contribution in [0.4, 0.5) is 5.13 Å². The van der Waals surface area contributed by atoms with E-state index >= 15 is 0 Å². The third-order valence-corrected chi connectivity index (χ3v) is 6.57. The molecule has 1 fully saturated rings. The highest BCUT2D eigenvalue weighted by Gasteiger charge is 2.28. The number of hydrogen-bond donors (Lipinski definition) is 1. The molecule has 1 aliphatic carbocycles. The maximum atomic E-state index is 12.2. The van der Waals surface area contributed by atoms with Crippen molar-refractivity contribution in [1.82, 2.24) is 9.71 Å². The van der Waals surface area contributed by atoms with E-state index < -0.39 is 16.0 Å². The van der Waals surface area contributed by atoms with Gasteiger partial charge in [-0.1, -0.05) is 0 Å². The van der Waals surface area contributed by atoms with E-state index in [0.717, 1.165) is 12.8 Å². The number of benzene rings is 1. The van der Waals surface area contributed by atoms with Crippen LogP contribution < -0.4 is 9.62 Å². The summed E-state index contributed by atoms with van der Waals surface area (Å²) in [5, 5.41) is 2.28. The van der Waals surface area contributed by atoms with Crippen molar-refractivity contribution in [3.63, 3.8) is 0 Å². The Morgan fingerprint density at radius 1 is 1.29 bits per heavy atom. The molecule has 1 aromatic heterocycles. The predicted molar refractivity (Wildman–Crippen MR) is 105 cm³/mol. The summed E-state index contributed by atoms with van der Waals surface area (Å²) in [6.07, 6.45) is 1.70. The monoisotopic (exact) mass is 423 g/mol. The number of esters is 1. The molecule has 8 nitrogen and oxygen atoms in total. The molecule has 1 aliphatic rings. The Morgan fingerprint density at radius 3 is 2.54 bits per heavy atom. The molecule has 1 saturated carbocycles. The molecule has 1 amide bonds. The highest BCUT2D eigenvalue weighted by molar-refractivity contribution is 7.89. The summed E-state index contributed by atoms with van der Waals surface area (Å²) < 4.78 is 32.1. The average Bonchev–Trinajstić information content (AvgIpc) is 3.34. The second kappa shape index (κ2) is 8.38. The molecule has 1 heterocycles. The lowest BCUT2D eigenvalue weighted by Gasteiger charge is -2.14. The van der Waals surface area contributed by atoms with E-state index in [2.05, 4.69) is 9.71 Å². The molecule has 0 atom stereocenters. The van der Waals surface area contributed by atoms with E-state index in [0.29, 0.717) is 17.4 Å². The molecule has 0 saturated heterocycles. The van der Waals surface area contributed by atoms with E-state index in [9.17, 15) is 18.0 Å². The number of sulfonamides is 1. The van der Waals surface area contributed by atoms with Gasteiger partial charge >= 0.3 is 5.97 Å². The first-order valence-corrected chi connectivity index (χ1v) is 11.2. The lowest BCUT2D eigenvalue weighted by atomic mass is 10.2. The van der Waals surface area contributed by atoms with Gasteiger partial charge in [0.05, 0.1) is 16.2 Å². The lowest BCUT2D eigenvalue weighted by Crippen LogP contribution is -2.27. The van der Waals surface area contributed by atoms with Crippen LogP contribution in [0.3, 0.4) is 0 Å². The van der Waals surface area contributed by atoms with Gasteiger partial charge in [-0.2, -0.15) is 0 Å². The number of aromatic nitrogens is 1. The van der Waals surface area contributed by atoms with Crippen molar-refractivity contribution in [1.29, 1.82) is 0 Å². The molecule has 10 heteroatoms. The smallest absolute Gasteiger partial charge is 0.338 e. The van der Waals surface area contributed by atoms with Crippen molar-refractivity contribution in [3.05, 3.63) is 40.9 Å². The van der Waals surface area contributed by atoms with E-state index in [1.165, 1.54) is 47.4 Å². The lowest BCUT2D eigenvalue weighted by molar-refractivity contribution is -0.116. The maximum Gasteiger partial charge on any atom is 0.338 e. The third kappa shape index (κ3) is 4.94. The van der Waals surface area contributed by atoms with Crippen LogP contribution in [0.2, 0.25) is 0 Å². The summed E-state index contributed by atoms with van der Waals surface area (Å²) in [6, 6.07) is 5.63. The number of amides is 1. The van der Waals surface area contributed by atoms with E-state index in [4.69, 9.17) is 4.74 Å². The summed E-state index contributed by atoms with van der Waals surface area (Å²) in [6.45, 7) is 3.79. The van der Waals surface area contributed by atoms with Crippen molar-refractivity contribution in [3.8, 4) is 0 Å². The fourth-order valence-corrected chi connectivity index (χ4v) is 4.68. The van der Waals surface area contributed by atoms with Gasteiger partial charge in [0.2, 0.25) is 15.9 Å². The Hall–Kier alpha value is -2.30. The number of nitrogens with one attached hydrogen (secondary N) is 1. The second-order valence-electron chi connectivity index (χ2n) is 6.38. The van der Waals surface area contributed by atoms with Crippen LogP contribution in [0.25, 0.3) is 0 Å². The van der Waals surface area contributed by atoms with Gasteiger partial charge in [-0.25, -0.2) is 22.9 Å². The van der Waals surface area contributed by atoms with Gasteiger partial charge < -0.3 is 4.74 Å². The number of ether oxygens (including phenoxy) is 1. The van der Waals surface area contributed by atoms with Gasteiger partial charge in [-0.3, -0.25) is 9.69 Å². The zero-order valence-electron chi connectivity index (χ0n) is 15.5. The fourth-order valence-electron chi connectivity index (χ4n) is 2.46. The van der Waals surface area contributed by atoms with Crippen LogP contribution in [0.1, 0.15) is 42.7 Å². The first-order valence-electron chi connectivity index (χ1n) is 8.82. The molecule has 2 aromatic rings. The molecule has 28 heavy (non-hydrogen) atoms. The summed E-state index contributed by atoms with van der Waals surface area (Å²) in [5.74, 6) is -0.681. The van der Waals surface area contributed by atoms with Crippen LogP contribution >= 0.6 is 11.3 Å². The molecule has 1 aromatic carbocycles. The first kappa shape index (κ1) is 20.4. The summed E-state index contributed by atoms with van der Waals surface area (Å²) in [5.41, 5.74) is 0.792. The molecule has 1 N–H and O–H groups in total. The summed E-state index contributed by atoms with van der Waals surface area (Å²) in [4.78, 5) is 29.7. The Balaban J connectivity index is 1.59. The summed E-state index contributed by atoms with van der Waals surface area (Å²) in [7, 11) is -3.55. The molecule has 0 radical (unpaired) electrons. The largest absolute Gasteiger partial charge is 0.456 e. The van der Waals surface area contributed by atoms with Crippen LogP contribution in [0, 0.1) is 0 Å². The highest BCUT2D eigenvalue weighted by Crippen LogP contribution is 2.23. The van der Waals surface area contributed by atoms with E-state index in [1.54, 1.807) is 5.38 Å². The van der Waals surface area contributed by atoms with Gasteiger partial charge in [0, 0.05) is 24.9 Å². The number of nitrogens with zero attached hydrogens (tertiary/aromatic N) is 2. The second-order valence-corrected chi connectivity index (χ2v) is 8.93. The highest BCUT2D eigenvalue weighted by atomic mass is 32.2. The number of carbonyl (C=O) groups is 2. The SMILES string of the molecule is CCN(C(C)=O)c1nc(COC(=O)c2ccc(S(=O)(=O)NC3CC3)cc2)cs1. The number of thiazole rings is 1. The molecular formula is C18H21N3O5S2. The number of rotatable bonds is 8. The fraction of sp³-hybridized carbons (Fsp3) is 0.389. The molecule has 0 unspecified atom stereocenters. The molecule has 0 aliphatic heterocycles. The van der Waals surface area contributed by atoms with Gasteiger partial charge in [0.1, 0.15) is 6.61 Å². The Kier molecular flexibility index (Phi) is 6.11. The van der Waals surface area contributed by atoms with Crippen molar-refractivity contribution in [2.24, 2.45) is 0 Å². The summed E-state index contributed by atoms with van der Waals surface area (Å²) >= 11 is 1.30. The van der Waals surface area contributed by atoms with Gasteiger partial charge in [-0.15, -0.1) is 11.3 Å². The number of hydrogen-bond acceptors (Lipinski definition) is 7. The standard InChI is InChI=1S/C18H21N3O5S2/c1-3-21(12(2)22)18-19-15(11-27-18)10-26-17(23)13-4-8-16(9-5-13)28(24,25)20-14-6-7-14/h4-5,8-9,11,14,20H,3,6-7,10H2,1-2H3. The predicted octanol–water partition coefficient (Wildman–Crippen LogP) is 2.31. The maximum absolute atomic E-state index is 12.2. The van der Waals surface area contributed by atoms with Crippen molar-refractivity contribution in [2.75, 3.05) is 11.4 Å². The van der Waals surface area contributed by atoms with Gasteiger partial charge in [-0.05, 0) is 44.0 Å². The quantitative estimate of drug-likeness (QED) is 0.653. The normalized spacial score (nSPS) is 13.9. The van der Waals surface area contributed by atoms with Crippen molar-refractivity contribution >= 4 is 38.4 Å². The Labute approximate surface area is 167 Å². The van der Waals surface area contributed by atoms with Crippen molar-refractivity contribution in [2.45, 2.75) is 44.2 Å². The van der Waals surface area contributed by atoms with Crippen molar-refractivity contribution < 1.29 is 22.7 Å². The molecule has 3 rings (SSSR count). The molecular weight excluding hydrogens is 402 g/mol. The molecule has 0 bridgehead atoms. The van der Waals surface area contributed by atoms with Crippen LogP contribution in [0.5, 0.6) is 0 Å². The number of anilines is 1. The minimum absolute atomic E-state index is 0.0179. The average molecular weight is 424 g/mol. The van der Waals surface area contributed by atoms with Gasteiger partial charge in [0.25, 0.3) is 0 Å². The first-order chi connectivity index (χ1) is 13.3. The van der Waals surface area contributed by atoms with E-state index in [-0.39, 0.29) is 29.0 Å². The minimum atomic E-state index is -3.55.